The first-order valence-electron chi connectivity index (χ1n) is 8.29. The third-order valence-corrected chi connectivity index (χ3v) is 5.61. The van der Waals surface area contributed by atoms with Gasteiger partial charge in [-0.3, -0.25) is 0 Å². The Balaban J connectivity index is 2.00. The number of aryl methyl sites for hydroxylation is 1. The Morgan fingerprint density at radius 3 is 2.80 bits per heavy atom. The highest BCUT2D eigenvalue weighted by Crippen LogP contribution is 2.37. The molecule has 1 aromatic rings. The molecule has 1 aliphatic carbocycles. The van der Waals surface area contributed by atoms with Crippen molar-refractivity contribution < 1.29 is 0 Å². The maximum absolute atomic E-state index is 3.80. The second kappa shape index (κ2) is 8.74. The van der Waals surface area contributed by atoms with Crippen LogP contribution in [0.15, 0.2) is 24.3 Å². The van der Waals surface area contributed by atoms with Crippen molar-refractivity contribution in [3.63, 3.8) is 0 Å². The van der Waals surface area contributed by atoms with E-state index >= 15 is 0 Å². The van der Waals surface area contributed by atoms with E-state index in [9.17, 15) is 0 Å². The predicted molar refractivity (Wildman–Crippen MR) is 91.6 cm³/mol. The number of nitrogens with one attached hydrogen (secondary N) is 1. The lowest BCUT2D eigenvalue weighted by molar-refractivity contribution is 0.472. The van der Waals surface area contributed by atoms with Crippen molar-refractivity contribution >= 4 is 11.8 Å². The van der Waals surface area contributed by atoms with Crippen molar-refractivity contribution in [2.45, 2.75) is 63.7 Å². The molecule has 1 N–H and O–H groups in total. The Kier molecular flexibility index (Phi) is 6.95. The molecule has 0 bridgehead atoms. The molecule has 1 aliphatic rings. The average Bonchev–Trinajstić information content (AvgIpc) is 2.50. The van der Waals surface area contributed by atoms with Gasteiger partial charge in [0.2, 0.25) is 0 Å². The minimum absolute atomic E-state index is 0.562. The quantitative estimate of drug-likeness (QED) is 0.679. The molecule has 0 saturated heterocycles. The number of hydrogen-bond donors (Lipinski definition) is 1. The number of fused-ring (bicyclic) bond motifs is 1. The van der Waals surface area contributed by atoms with Crippen LogP contribution in [-0.4, -0.2) is 17.5 Å². The molecule has 0 spiro atoms. The lowest BCUT2D eigenvalue weighted by atomic mass is 9.87. The van der Waals surface area contributed by atoms with E-state index in [1.807, 2.05) is 0 Å². The van der Waals surface area contributed by atoms with Crippen molar-refractivity contribution in [2.75, 3.05) is 12.3 Å². The summed E-state index contributed by atoms with van der Waals surface area (Å²) in [5, 5.41) is 4.56. The van der Waals surface area contributed by atoms with E-state index in [2.05, 4.69) is 55.2 Å². The minimum Gasteiger partial charge on any atom is -0.309 e. The first-order chi connectivity index (χ1) is 9.86. The molecule has 2 unspecified atom stereocenters. The summed E-state index contributed by atoms with van der Waals surface area (Å²) in [5.74, 6) is 1.32. The summed E-state index contributed by atoms with van der Waals surface area (Å²) in [7, 11) is 0. The highest BCUT2D eigenvalue weighted by molar-refractivity contribution is 7.99. The van der Waals surface area contributed by atoms with E-state index in [0.29, 0.717) is 6.04 Å². The molecule has 0 radical (unpaired) electrons. The smallest absolute Gasteiger partial charge is 0.0443 e. The molecule has 0 amide bonds. The van der Waals surface area contributed by atoms with Gasteiger partial charge in [-0.15, -0.1) is 0 Å². The molecule has 0 fully saturated rings. The Morgan fingerprint density at radius 1 is 1.15 bits per heavy atom. The van der Waals surface area contributed by atoms with E-state index in [1.165, 1.54) is 44.3 Å². The molecule has 0 saturated carbocycles. The fraction of sp³-hybridized carbons (Fsp3) is 0.667. The maximum atomic E-state index is 3.80. The maximum Gasteiger partial charge on any atom is 0.0443 e. The molecule has 2 heteroatoms. The summed E-state index contributed by atoms with van der Waals surface area (Å²) in [6, 6.07) is 9.59. The van der Waals surface area contributed by atoms with Gasteiger partial charge in [-0.1, -0.05) is 51.0 Å². The van der Waals surface area contributed by atoms with Crippen LogP contribution in [-0.2, 0) is 6.42 Å². The zero-order chi connectivity index (χ0) is 14.2. The first kappa shape index (κ1) is 15.9. The van der Waals surface area contributed by atoms with Crippen LogP contribution >= 0.6 is 11.8 Å². The number of thioether (sulfide) groups is 1. The van der Waals surface area contributed by atoms with Crippen LogP contribution in [0.4, 0.5) is 0 Å². The Labute approximate surface area is 128 Å². The van der Waals surface area contributed by atoms with Gasteiger partial charge in [-0.25, -0.2) is 0 Å². The Morgan fingerprint density at radius 2 is 2.00 bits per heavy atom. The third kappa shape index (κ3) is 4.26. The molecule has 2 atom stereocenters. The largest absolute Gasteiger partial charge is 0.309 e. The first-order valence-corrected chi connectivity index (χ1v) is 9.34. The summed E-state index contributed by atoms with van der Waals surface area (Å²) in [5.41, 5.74) is 3.12. The van der Waals surface area contributed by atoms with E-state index in [1.54, 1.807) is 11.1 Å². The number of unbranched alkanes of at least 4 members (excludes halogenated alkanes) is 2. The van der Waals surface area contributed by atoms with Crippen LogP contribution < -0.4 is 5.32 Å². The zero-order valence-corrected chi connectivity index (χ0v) is 13.8. The van der Waals surface area contributed by atoms with E-state index in [-0.39, 0.29) is 0 Å². The molecule has 0 aromatic heterocycles. The topological polar surface area (TPSA) is 12.0 Å². The Bertz CT molecular complexity index is 391. The van der Waals surface area contributed by atoms with Crippen molar-refractivity contribution in [3.8, 4) is 0 Å². The van der Waals surface area contributed by atoms with Gasteiger partial charge in [-0.2, -0.15) is 11.8 Å². The second-order valence-electron chi connectivity index (χ2n) is 5.79. The van der Waals surface area contributed by atoms with Crippen molar-refractivity contribution in [1.29, 1.82) is 0 Å². The van der Waals surface area contributed by atoms with Crippen LogP contribution in [0, 0.1) is 0 Å². The molecule has 112 valence electrons. The molecule has 2 rings (SSSR count). The molecule has 1 nitrogen and oxygen atoms in total. The van der Waals surface area contributed by atoms with Crippen LogP contribution in [0.25, 0.3) is 0 Å². The van der Waals surface area contributed by atoms with Gasteiger partial charge >= 0.3 is 0 Å². The van der Waals surface area contributed by atoms with Crippen molar-refractivity contribution in [1.82, 2.24) is 5.32 Å². The minimum atomic E-state index is 0.562. The summed E-state index contributed by atoms with van der Waals surface area (Å²) in [6.45, 7) is 5.67. The monoisotopic (exact) mass is 291 g/mol. The highest BCUT2D eigenvalue weighted by atomic mass is 32.2. The Hall–Kier alpha value is -0.470. The van der Waals surface area contributed by atoms with Gasteiger partial charge in [0, 0.05) is 11.3 Å². The zero-order valence-electron chi connectivity index (χ0n) is 13.0. The normalized spacial score (nSPS) is 21.7. The molecular weight excluding hydrogens is 262 g/mol. The average molecular weight is 292 g/mol. The SMILES string of the molecule is CCCCCSC1CCc2ccccc2C1NCCC. The number of hydrogen-bond acceptors (Lipinski definition) is 2. The predicted octanol–water partition coefficient (Wildman–Crippen LogP) is 4.97. The standard InChI is InChI=1S/C18H29NS/c1-3-5-8-14-20-17-12-11-15-9-6-7-10-16(15)18(17)19-13-4-2/h6-7,9-10,17-19H,3-5,8,11-14H2,1-2H3. The van der Waals surface area contributed by atoms with Gasteiger partial charge in [0.1, 0.15) is 0 Å². The summed E-state index contributed by atoms with van der Waals surface area (Å²) < 4.78 is 0. The van der Waals surface area contributed by atoms with Gasteiger partial charge < -0.3 is 5.32 Å². The second-order valence-corrected chi connectivity index (χ2v) is 7.13. The van der Waals surface area contributed by atoms with Crippen molar-refractivity contribution in [2.24, 2.45) is 0 Å². The molecule has 20 heavy (non-hydrogen) atoms. The highest BCUT2D eigenvalue weighted by Gasteiger charge is 2.28. The fourth-order valence-corrected chi connectivity index (χ4v) is 4.43. The van der Waals surface area contributed by atoms with Crippen LogP contribution in [0.1, 0.15) is 63.1 Å². The number of benzene rings is 1. The number of rotatable bonds is 8. The summed E-state index contributed by atoms with van der Waals surface area (Å²) in [6.07, 6.45) is 7.88. The molecular formula is C18H29NS. The van der Waals surface area contributed by atoms with Crippen LogP contribution in [0.3, 0.4) is 0 Å². The van der Waals surface area contributed by atoms with E-state index in [0.717, 1.165) is 11.8 Å². The van der Waals surface area contributed by atoms with E-state index < -0.39 is 0 Å². The lowest BCUT2D eigenvalue weighted by Gasteiger charge is -2.34. The van der Waals surface area contributed by atoms with Gasteiger partial charge in [-0.05, 0) is 49.1 Å². The summed E-state index contributed by atoms with van der Waals surface area (Å²) >= 11 is 2.20. The molecule has 0 aliphatic heterocycles. The molecule has 1 aromatic carbocycles. The van der Waals surface area contributed by atoms with Gasteiger partial charge in [0.25, 0.3) is 0 Å². The van der Waals surface area contributed by atoms with Crippen LogP contribution in [0.2, 0.25) is 0 Å². The van der Waals surface area contributed by atoms with Gasteiger partial charge in [0.05, 0.1) is 0 Å². The lowest BCUT2D eigenvalue weighted by Crippen LogP contribution is -2.35. The van der Waals surface area contributed by atoms with Gasteiger partial charge in [0.15, 0.2) is 0 Å². The van der Waals surface area contributed by atoms with Crippen LogP contribution in [0.5, 0.6) is 0 Å². The summed E-state index contributed by atoms with van der Waals surface area (Å²) in [4.78, 5) is 0. The fourth-order valence-electron chi connectivity index (χ4n) is 3.04. The third-order valence-electron chi connectivity index (χ3n) is 4.15. The van der Waals surface area contributed by atoms with Crippen molar-refractivity contribution in [3.05, 3.63) is 35.4 Å². The van der Waals surface area contributed by atoms with E-state index in [4.69, 9.17) is 0 Å². The molecule has 0 heterocycles.